The van der Waals surface area contributed by atoms with Gasteiger partial charge in [-0.3, -0.25) is 0 Å². The van der Waals surface area contributed by atoms with Crippen LogP contribution in [0.4, 0.5) is 0 Å². The van der Waals surface area contributed by atoms with Crippen LogP contribution in [0.2, 0.25) is 0 Å². The number of hydrogen-bond acceptors (Lipinski definition) is 5. The van der Waals surface area contributed by atoms with E-state index in [2.05, 4.69) is 33.8 Å². The number of nitrogens with zero attached hydrogens (tertiary/aromatic N) is 3. The van der Waals surface area contributed by atoms with Crippen molar-refractivity contribution in [3.63, 3.8) is 0 Å². The molecule has 3 rings (SSSR count). The van der Waals surface area contributed by atoms with Gasteiger partial charge in [0.2, 0.25) is 0 Å². The third kappa shape index (κ3) is 4.95. The fourth-order valence-corrected chi connectivity index (χ4v) is 2.80. The fourth-order valence-electron chi connectivity index (χ4n) is 2.80. The molecule has 0 radical (unpaired) electrons. The lowest BCUT2D eigenvalue weighted by Gasteiger charge is -2.06. The number of aliphatic hydroxyl groups is 1. The average Bonchev–Trinajstić information content (AvgIpc) is 3.31. The summed E-state index contributed by atoms with van der Waals surface area (Å²) in [7, 11) is 0. The third-order valence-electron chi connectivity index (χ3n) is 4.21. The molecule has 0 fully saturated rings. The second-order valence-corrected chi connectivity index (χ2v) is 6.18. The minimum absolute atomic E-state index is 0.151. The van der Waals surface area contributed by atoms with Gasteiger partial charge < -0.3 is 18.9 Å². The zero-order chi connectivity index (χ0) is 18.2. The summed E-state index contributed by atoms with van der Waals surface area (Å²) in [6.07, 6.45) is 7.03. The zero-order valence-corrected chi connectivity index (χ0v) is 15.1. The van der Waals surface area contributed by atoms with Gasteiger partial charge >= 0.3 is 0 Å². The number of aliphatic hydroxyl groups excluding tert-OH is 1. The molecule has 0 bridgehead atoms. The summed E-state index contributed by atoms with van der Waals surface area (Å²) in [5.41, 5.74) is 2.14. The molecule has 0 aliphatic rings. The monoisotopic (exact) mass is 355 g/mol. The van der Waals surface area contributed by atoms with E-state index in [-0.39, 0.29) is 6.61 Å². The van der Waals surface area contributed by atoms with Gasteiger partial charge in [0, 0.05) is 44.3 Å². The molecule has 1 aromatic carbocycles. The van der Waals surface area contributed by atoms with Gasteiger partial charge in [-0.15, -0.1) is 0 Å². The van der Waals surface area contributed by atoms with E-state index in [1.54, 1.807) is 0 Å². The van der Waals surface area contributed by atoms with Gasteiger partial charge in [-0.2, -0.15) is 0 Å². The Balaban J connectivity index is 1.50. The molecule has 26 heavy (non-hydrogen) atoms. The summed E-state index contributed by atoms with van der Waals surface area (Å²) in [4.78, 5) is 4.33. The summed E-state index contributed by atoms with van der Waals surface area (Å²) in [6.45, 7) is 3.47. The van der Waals surface area contributed by atoms with Gasteiger partial charge in [0.25, 0.3) is 0 Å². The first-order valence-corrected chi connectivity index (χ1v) is 9.05. The normalized spacial score (nSPS) is 11.0. The minimum Gasteiger partial charge on any atom is -0.494 e. The van der Waals surface area contributed by atoms with E-state index in [4.69, 9.17) is 14.4 Å². The van der Waals surface area contributed by atoms with Crippen molar-refractivity contribution in [2.75, 3.05) is 13.2 Å². The fraction of sp³-hybridized carbons (Fsp3) is 0.400. The smallest absolute Gasteiger partial charge is 0.137 e. The van der Waals surface area contributed by atoms with Gasteiger partial charge in [0.05, 0.1) is 13.2 Å². The highest BCUT2D eigenvalue weighted by molar-refractivity contribution is 5.27. The Morgan fingerprint density at radius 2 is 2.04 bits per heavy atom. The molecule has 3 aromatic rings. The quantitative estimate of drug-likeness (QED) is 0.566. The van der Waals surface area contributed by atoms with Crippen molar-refractivity contribution in [3.8, 4) is 5.75 Å². The molecule has 1 N–H and O–H groups in total. The summed E-state index contributed by atoms with van der Waals surface area (Å²) in [6, 6.07) is 10.1. The highest BCUT2D eigenvalue weighted by Crippen LogP contribution is 2.15. The van der Waals surface area contributed by atoms with Crippen LogP contribution in [0.25, 0.3) is 0 Å². The van der Waals surface area contributed by atoms with Crippen LogP contribution in [0.15, 0.2) is 47.2 Å². The van der Waals surface area contributed by atoms with Crippen LogP contribution >= 0.6 is 0 Å². The zero-order valence-electron chi connectivity index (χ0n) is 15.1. The molecule has 6 nitrogen and oxygen atoms in total. The Hall–Kier alpha value is -2.60. The number of aromatic nitrogens is 3. The minimum atomic E-state index is 0.151. The number of rotatable bonds is 10. The molecule has 0 unspecified atom stereocenters. The highest BCUT2D eigenvalue weighted by Gasteiger charge is 2.08. The van der Waals surface area contributed by atoms with Crippen molar-refractivity contribution in [1.29, 1.82) is 0 Å². The van der Waals surface area contributed by atoms with E-state index in [0.29, 0.717) is 19.6 Å². The largest absolute Gasteiger partial charge is 0.494 e. The van der Waals surface area contributed by atoms with Gasteiger partial charge in [-0.1, -0.05) is 24.2 Å². The number of imidazole rings is 1. The molecular formula is C20H25N3O3. The maximum Gasteiger partial charge on any atom is 0.137 e. The molecule has 0 saturated heterocycles. The number of hydrogen-bond donors (Lipinski definition) is 1. The summed E-state index contributed by atoms with van der Waals surface area (Å²) >= 11 is 0. The maximum atomic E-state index is 8.77. The first-order valence-electron chi connectivity index (χ1n) is 9.05. The van der Waals surface area contributed by atoms with Crippen LogP contribution in [0.1, 0.15) is 36.2 Å². The molecule has 0 aliphatic carbocycles. The number of aryl methyl sites for hydroxylation is 3. The van der Waals surface area contributed by atoms with Crippen molar-refractivity contribution < 1.29 is 14.4 Å². The molecule has 138 valence electrons. The van der Waals surface area contributed by atoms with Gasteiger partial charge in [0.15, 0.2) is 0 Å². The summed E-state index contributed by atoms with van der Waals surface area (Å²) < 4.78 is 13.1. The third-order valence-corrected chi connectivity index (χ3v) is 4.21. The second kappa shape index (κ2) is 9.20. The van der Waals surface area contributed by atoms with Gasteiger partial charge in [-0.05, 0) is 24.1 Å². The summed E-state index contributed by atoms with van der Waals surface area (Å²) in [5.74, 6) is 2.77. The molecule has 0 spiro atoms. The Morgan fingerprint density at radius 1 is 1.19 bits per heavy atom. The molecule has 0 atom stereocenters. The first kappa shape index (κ1) is 18.2. The van der Waals surface area contributed by atoms with E-state index in [1.165, 1.54) is 5.56 Å². The van der Waals surface area contributed by atoms with Crippen molar-refractivity contribution in [1.82, 2.24) is 14.7 Å². The van der Waals surface area contributed by atoms with Crippen molar-refractivity contribution in [3.05, 3.63) is 65.6 Å². The molecule has 0 saturated carbocycles. The number of benzene rings is 1. The number of ether oxygens (including phenoxy) is 1. The van der Waals surface area contributed by atoms with Gasteiger partial charge in [0.1, 0.15) is 23.0 Å². The highest BCUT2D eigenvalue weighted by atomic mass is 16.5. The molecule has 2 heterocycles. The standard InChI is InChI=1S/C20H25N3O3/c1-2-20-21-10-11-23(20)15-17-14-19(26-22-17)9-6-16-4-7-18(8-5-16)25-13-3-12-24/h4-5,7-8,10-11,14,24H,2-3,6,9,12-13,15H2,1H3. The molecule has 0 amide bonds. The van der Waals surface area contributed by atoms with E-state index >= 15 is 0 Å². The molecular weight excluding hydrogens is 330 g/mol. The van der Waals surface area contributed by atoms with Crippen LogP contribution in [0.3, 0.4) is 0 Å². The topological polar surface area (TPSA) is 73.3 Å². The second-order valence-electron chi connectivity index (χ2n) is 6.18. The summed E-state index contributed by atoms with van der Waals surface area (Å²) in [5, 5.41) is 12.9. The predicted molar refractivity (Wildman–Crippen MR) is 98.3 cm³/mol. The Kier molecular flexibility index (Phi) is 6.44. The van der Waals surface area contributed by atoms with E-state index < -0.39 is 0 Å². The van der Waals surface area contributed by atoms with Crippen LogP contribution < -0.4 is 4.74 Å². The molecule has 0 aliphatic heterocycles. The van der Waals surface area contributed by atoms with Crippen LogP contribution in [0.5, 0.6) is 5.75 Å². The van der Waals surface area contributed by atoms with Crippen LogP contribution in [0, 0.1) is 0 Å². The lowest BCUT2D eigenvalue weighted by Crippen LogP contribution is -2.03. The lowest BCUT2D eigenvalue weighted by atomic mass is 10.1. The van der Waals surface area contributed by atoms with Crippen molar-refractivity contribution in [2.45, 2.75) is 39.2 Å². The van der Waals surface area contributed by atoms with Crippen molar-refractivity contribution in [2.24, 2.45) is 0 Å². The molecule has 2 aromatic heterocycles. The van der Waals surface area contributed by atoms with E-state index in [1.807, 2.05) is 30.6 Å². The average molecular weight is 355 g/mol. The van der Waals surface area contributed by atoms with E-state index in [0.717, 1.165) is 42.3 Å². The SMILES string of the molecule is CCc1nccn1Cc1cc(CCc2ccc(OCCCO)cc2)on1. The van der Waals surface area contributed by atoms with Gasteiger partial charge in [-0.25, -0.2) is 4.98 Å². The maximum absolute atomic E-state index is 8.77. The Morgan fingerprint density at radius 3 is 2.81 bits per heavy atom. The Labute approximate surface area is 153 Å². The lowest BCUT2D eigenvalue weighted by molar-refractivity contribution is 0.233. The van der Waals surface area contributed by atoms with E-state index in [9.17, 15) is 0 Å². The first-order chi connectivity index (χ1) is 12.8. The molecule has 6 heteroatoms. The van der Waals surface area contributed by atoms with Crippen molar-refractivity contribution >= 4 is 0 Å². The Bertz CT molecular complexity index is 793. The predicted octanol–water partition coefficient (Wildman–Crippen LogP) is 3.03. The van der Waals surface area contributed by atoms with Crippen LogP contribution in [-0.2, 0) is 25.8 Å². The van der Waals surface area contributed by atoms with Crippen LogP contribution in [-0.4, -0.2) is 33.0 Å².